The molecule has 0 saturated heterocycles. The first-order valence-electron chi connectivity index (χ1n) is 3.58. The lowest BCUT2D eigenvalue weighted by Crippen LogP contribution is -2.26. The van der Waals surface area contributed by atoms with Gasteiger partial charge in [-0.1, -0.05) is 6.58 Å². The summed E-state index contributed by atoms with van der Waals surface area (Å²) in [6, 6.07) is 0. The Balaban J connectivity index is 0.000000255. The fraction of sp³-hybridized carbons (Fsp3) is 0.286. The van der Waals surface area contributed by atoms with Crippen LogP contribution >= 0.6 is 0 Å². The number of H-pyrrole nitrogens is 1. The molecular formula is C7H12N2O4S. The minimum atomic E-state index is -4.41. The average Bonchev–Trinajstić information content (AvgIpc) is 2.56. The van der Waals surface area contributed by atoms with Gasteiger partial charge in [0.05, 0.1) is 12.8 Å². The first-order chi connectivity index (χ1) is 6.37. The highest BCUT2D eigenvalue weighted by atomic mass is 32.3. The highest BCUT2D eigenvalue weighted by Gasteiger charge is 1.92. The Morgan fingerprint density at radius 1 is 1.64 bits per heavy atom. The van der Waals surface area contributed by atoms with Gasteiger partial charge in [-0.05, 0) is 6.92 Å². The monoisotopic (exact) mass is 220 g/mol. The van der Waals surface area contributed by atoms with Crippen molar-refractivity contribution in [2.45, 2.75) is 6.92 Å². The zero-order chi connectivity index (χ0) is 11.2. The van der Waals surface area contributed by atoms with E-state index >= 15 is 0 Å². The molecule has 1 aromatic heterocycles. The quantitative estimate of drug-likeness (QED) is 0.428. The summed E-state index contributed by atoms with van der Waals surface area (Å²) in [6.07, 6.45) is 5.62. The molecule has 0 unspecified atom stereocenters. The molecule has 14 heavy (non-hydrogen) atoms. The summed E-state index contributed by atoms with van der Waals surface area (Å²) >= 11 is 0. The molecule has 1 heterocycles. The van der Waals surface area contributed by atoms with Crippen molar-refractivity contribution in [3.05, 3.63) is 25.3 Å². The maximum absolute atomic E-state index is 9.22. The molecule has 0 saturated carbocycles. The minimum Gasteiger partial charge on any atom is -0.726 e. The predicted molar refractivity (Wildman–Crippen MR) is 48.7 cm³/mol. The lowest BCUT2D eigenvalue weighted by Gasteiger charge is -1.98. The molecule has 0 aliphatic carbocycles. The van der Waals surface area contributed by atoms with Crippen LogP contribution in [0.4, 0.5) is 0 Å². The number of imidazole rings is 1. The SMILES string of the molecule is C=C(C)[n+]1cc[nH]c1.COS(=O)(=O)[O-]. The second-order valence-corrected chi connectivity index (χ2v) is 3.48. The lowest BCUT2D eigenvalue weighted by molar-refractivity contribution is -0.579. The van der Waals surface area contributed by atoms with E-state index in [9.17, 15) is 13.0 Å². The maximum Gasteiger partial charge on any atom is 0.246 e. The van der Waals surface area contributed by atoms with Crippen LogP contribution in [0, 0.1) is 0 Å². The minimum absolute atomic E-state index is 0.808. The Morgan fingerprint density at radius 3 is 2.29 bits per heavy atom. The van der Waals surface area contributed by atoms with Crippen LogP contribution in [0.1, 0.15) is 6.92 Å². The van der Waals surface area contributed by atoms with Gasteiger partial charge in [0.15, 0.2) is 0 Å². The van der Waals surface area contributed by atoms with E-state index in [4.69, 9.17) is 0 Å². The van der Waals surface area contributed by atoms with Crippen LogP contribution < -0.4 is 4.57 Å². The third kappa shape index (κ3) is 6.35. The number of nitrogens with zero attached hydrogens (tertiary/aromatic N) is 1. The maximum atomic E-state index is 9.22. The largest absolute Gasteiger partial charge is 0.726 e. The van der Waals surface area contributed by atoms with E-state index in [0.29, 0.717) is 0 Å². The topological polar surface area (TPSA) is 86.1 Å². The zero-order valence-corrected chi connectivity index (χ0v) is 8.74. The van der Waals surface area contributed by atoms with Gasteiger partial charge < -0.3 is 4.55 Å². The van der Waals surface area contributed by atoms with Gasteiger partial charge in [-0.25, -0.2) is 18.0 Å². The van der Waals surface area contributed by atoms with Gasteiger partial charge in [0.2, 0.25) is 16.7 Å². The third-order valence-corrected chi connectivity index (χ3v) is 1.60. The molecule has 0 atom stereocenters. The second kappa shape index (κ2) is 5.53. The molecule has 0 aliphatic heterocycles. The fourth-order valence-electron chi connectivity index (χ4n) is 0.527. The van der Waals surface area contributed by atoms with Gasteiger partial charge >= 0.3 is 0 Å². The normalized spacial score (nSPS) is 10.2. The molecule has 80 valence electrons. The number of aromatic amines is 1. The van der Waals surface area contributed by atoms with E-state index in [2.05, 4.69) is 15.7 Å². The molecule has 0 radical (unpaired) electrons. The fourth-order valence-corrected chi connectivity index (χ4v) is 0.527. The highest BCUT2D eigenvalue weighted by molar-refractivity contribution is 7.80. The summed E-state index contributed by atoms with van der Waals surface area (Å²) in [6.45, 7) is 5.69. The van der Waals surface area contributed by atoms with E-state index < -0.39 is 10.4 Å². The van der Waals surface area contributed by atoms with Crippen molar-refractivity contribution in [3.8, 4) is 0 Å². The molecule has 1 aromatic rings. The van der Waals surface area contributed by atoms with Crippen molar-refractivity contribution < 1.29 is 21.7 Å². The van der Waals surface area contributed by atoms with Crippen molar-refractivity contribution >= 4 is 16.1 Å². The summed E-state index contributed by atoms with van der Waals surface area (Å²) in [5, 5.41) is 0. The van der Waals surface area contributed by atoms with Crippen molar-refractivity contribution in [3.63, 3.8) is 0 Å². The summed E-state index contributed by atoms with van der Waals surface area (Å²) in [5.41, 5.74) is 1.02. The molecule has 1 rings (SSSR count). The first kappa shape index (κ1) is 12.8. The van der Waals surface area contributed by atoms with Crippen LogP contribution in [0.25, 0.3) is 5.70 Å². The van der Waals surface area contributed by atoms with E-state index in [1.807, 2.05) is 30.2 Å². The molecule has 0 aromatic carbocycles. The molecule has 0 spiro atoms. The standard InChI is InChI=1S/C6H8N2.CH4O4S/c1-6(2)8-4-3-7-5-8;1-5-6(2,3)4/h3-5H,1H2,2H3;1H3,(H,2,3,4). The molecule has 0 aliphatic rings. The van der Waals surface area contributed by atoms with Crippen molar-refractivity contribution in [2.75, 3.05) is 7.11 Å². The summed E-state index contributed by atoms with van der Waals surface area (Å²) in [5.74, 6) is 0. The lowest BCUT2D eigenvalue weighted by atomic mass is 10.6. The van der Waals surface area contributed by atoms with Gasteiger partial charge in [0.1, 0.15) is 12.4 Å². The Hall–Kier alpha value is -1.18. The number of hydrogen-bond acceptors (Lipinski definition) is 4. The van der Waals surface area contributed by atoms with Crippen molar-refractivity contribution in [1.29, 1.82) is 0 Å². The Bertz CT molecular complexity index is 368. The third-order valence-electron chi connectivity index (χ3n) is 1.19. The van der Waals surface area contributed by atoms with Crippen LogP contribution in [0.2, 0.25) is 0 Å². The van der Waals surface area contributed by atoms with Crippen LogP contribution in [0.15, 0.2) is 25.3 Å². The molecule has 1 N–H and O–H groups in total. The number of rotatable bonds is 2. The number of aromatic nitrogens is 2. The number of nitrogens with one attached hydrogen (secondary N) is 1. The molecule has 0 bridgehead atoms. The van der Waals surface area contributed by atoms with E-state index in [1.54, 1.807) is 0 Å². The second-order valence-electron chi connectivity index (χ2n) is 2.33. The van der Waals surface area contributed by atoms with E-state index in [1.165, 1.54) is 0 Å². The summed E-state index contributed by atoms with van der Waals surface area (Å²) in [7, 11) is -3.60. The molecular weight excluding hydrogens is 208 g/mol. The van der Waals surface area contributed by atoms with Crippen molar-refractivity contribution in [2.24, 2.45) is 0 Å². The van der Waals surface area contributed by atoms with Gasteiger partial charge in [0, 0.05) is 0 Å². The molecule has 7 heteroatoms. The Kier molecular flexibility index (Phi) is 5.06. The van der Waals surface area contributed by atoms with Gasteiger partial charge in [-0.3, -0.25) is 4.18 Å². The number of allylic oxidation sites excluding steroid dienone is 1. The molecule has 0 fully saturated rings. The molecule has 6 nitrogen and oxygen atoms in total. The highest BCUT2D eigenvalue weighted by Crippen LogP contribution is 1.81. The van der Waals surface area contributed by atoms with Crippen LogP contribution in [0.5, 0.6) is 0 Å². The van der Waals surface area contributed by atoms with Crippen LogP contribution in [-0.4, -0.2) is 25.1 Å². The summed E-state index contributed by atoms with van der Waals surface area (Å²) < 4.78 is 32.9. The zero-order valence-electron chi connectivity index (χ0n) is 7.93. The average molecular weight is 220 g/mol. The smallest absolute Gasteiger partial charge is 0.246 e. The van der Waals surface area contributed by atoms with Gasteiger partial charge in [-0.2, -0.15) is 0 Å². The molecule has 0 amide bonds. The van der Waals surface area contributed by atoms with E-state index in [0.717, 1.165) is 12.8 Å². The van der Waals surface area contributed by atoms with Crippen LogP contribution in [-0.2, 0) is 14.6 Å². The first-order valence-corrected chi connectivity index (χ1v) is 4.91. The Morgan fingerprint density at radius 2 is 2.14 bits per heavy atom. The number of hydrogen-bond donors (Lipinski definition) is 1. The van der Waals surface area contributed by atoms with E-state index in [-0.39, 0.29) is 0 Å². The van der Waals surface area contributed by atoms with Gasteiger partial charge in [-0.15, -0.1) is 0 Å². The summed E-state index contributed by atoms with van der Waals surface area (Å²) in [4.78, 5) is 2.91. The van der Waals surface area contributed by atoms with Crippen molar-refractivity contribution in [1.82, 2.24) is 4.98 Å². The predicted octanol–water partition coefficient (Wildman–Crippen LogP) is -0.114. The Labute approximate surface area is 82.8 Å². The van der Waals surface area contributed by atoms with Crippen LogP contribution in [0.3, 0.4) is 0 Å². The van der Waals surface area contributed by atoms with Gasteiger partial charge in [0.25, 0.3) is 0 Å².